The molecule has 0 aromatic heterocycles. The fraction of sp³-hybridized carbons (Fsp3) is 0.700. The second-order valence-corrected chi connectivity index (χ2v) is 24.1. The highest BCUT2D eigenvalue weighted by atomic mass is 16.2. The molecule has 16 nitrogen and oxygen atoms in total. The zero-order valence-electron chi connectivity index (χ0n) is 46.0. The molecule has 6 N–H and O–H groups in total. The lowest BCUT2D eigenvalue weighted by Crippen LogP contribution is -2.58. The second-order valence-electron chi connectivity index (χ2n) is 24.1. The number of anilines is 2. The number of likely N-dealkylation sites (N-methyl/N-ethyl adjacent to an activating group) is 2. The molecule has 4 heterocycles. The molecule has 0 bridgehead atoms. The van der Waals surface area contributed by atoms with Gasteiger partial charge in [0.25, 0.3) is 0 Å². The van der Waals surface area contributed by atoms with Gasteiger partial charge in [-0.2, -0.15) is 0 Å². The Morgan fingerprint density at radius 3 is 1.26 bits per heavy atom. The number of carbonyl (C=O) groups excluding carboxylic acids is 6. The third kappa shape index (κ3) is 11.4. The van der Waals surface area contributed by atoms with E-state index in [1.807, 2.05) is 0 Å². The molecule has 4 aliphatic carbocycles. The summed E-state index contributed by atoms with van der Waals surface area (Å²) in [5, 5.41) is 19.1. The summed E-state index contributed by atoms with van der Waals surface area (Å²) in [4.78, 5) is 92.5. The average Bonchev–Trinajstić information content (AvgIpc) is 4.31. The molecule has 4 saturated heterocycles. The van der Waals surface area contributed by atoms with Crippen molar-refractivity contribution < 1.29 is 28.8 Å². The Morgan fingerprint density at radius 1 is 0.487 bits per heavy atom. The van der Waals surface area contributed by atoms with Crippen molar-refractivity contribution in [3.05, 3.63) is 58.7 Å². The summed E-state index contributed by atoms with van der Waals surface area (Å²) in [5.41, 5.74) is 7.62. The Morgan fingerprint density at radius 2 is 0.882 bits per heavy atom. The van der Waals surface area contributed by atoms with Gasteiger partial charge in [-0.25, -0.2) is 0 Å². The summed E-state index contributed by atoms with van der Waals surface area (Å²) in [6.45, 7) is 8.56. The maximum atomic E-state index is 14.4. The van der Waals surface area contributed by atoms with E-state index in [1.165, 1.54) is 33.6 Å². The van der Waals surface area contributed by atoms with Gasteiger partial charge in [0.2, 0.25) is 35.4 Å². The van der Waals surface area contributed by atoms with Crippen molar-refractivity contribution in [2.75, 3.05) is 63.2 Å². The van der Waals surface area contributed by atoms with E-state index >= 15 is 0 Å². The number of likely N-dealkylation sites (tertiary alicyclic amines) is 2. The van der Waals surface area contributed by atoms with Crippen LogP contribution in [0, 0.1) is 23.7 Å². The minimum Gasteiger partial charge on any atom is -0.371 e. The molecule has 4 aliphatic heterocycles. The molecule has 0 radical (unpaired) electrons. The summed E-state index contributed by atoms with van der Waals surface area (Å²) in [6.07, 6.45) is 18.5. The van der Waals surface area contributed by atoms with Gasteiger partial charge < -0.3 is 51.5 Å². The van der Waals surface area contributed by atoms with E-state index in [4.69, 9.17) is 0 Å². The number of benzene rings is 2. The Kier molecular flexibility index (Phi) is 17.2. The van der Waals surface area contributed by atoms with Crippen LogP contribution in [0.2, 0.25) is 0 Å². The highest BCUT2D eigenvalue weighted by molar-refractivity contribution is 5.95. The van der Waals surface area contributed by atoms with Gasteiger partial charge in [-0.3, -0.25) is 28.8 Å². The molecule has 2 aromatic carbocycles. The standard InChI is InChI=1S/C60H88N10O6/c1-37(61-3)55(71)65-53(39-17-7-5-8-18-39)59(75)69-31-15-29-51(69)57(73)63-47-25-11-23-45-43(47)21-13-27-49(45)67-33-41-35-68(36-42(41)34-67)50-28-14-22-44-46(50)24-12-26-48(44)64-58(74)52-30-16-32-70(52)60(76)54(40-19-9-6-10-20-40)66-56(72)38(2)62-4/h13-14,21-22,27-28,37-42,47-48,51-54,61-62H,5-12,15-20,23-26,29-36H2,1-4H3,(H,63,73)(H,64,74)(H,65,71)(H,66,72)/t37-,38-,41?,42?,47+,48+,51-,52-,53-,54-/m0/s1. The Labute approximate surface area is 451 Å². The summed E-state index contributed by atoms with van der Waals surface area (Å²) in [6, 6.07) is 9.80. The number of hydrogen-bond donors (Lipinski definition) is 6. The lowest BCUT2D eigenvalue weighted by atomic mass is 9.83. The third-order valence-electron chi connectivity index (χ3n) is 19.5. The van der Waals surface area contributed by atoms with E-state index in [0.29, 0.717) is 37.8 Å². The topological polar surface area (TPSA) is 188 Å². The van der Waals surface area contributed by atoms with Crippen LogP contribution in [-0.2, 0) is 41.6 Å². The largest absolute Gasteiger partial charge is 0.371 e. The van der Waals surface area contributed by atoms with Gasteiger partial charge in [0.1, 0.15) is 24.2 Å². The first-order valence-electron chi connectivity index (χ1n) is 29.8. The van der Waals surface area contributed by atoms with Crippen LogP contribution in [0.4, 0.5) is 11.4 Å². The molecular weight excluding hydrogens is 957 g/mol. The van der Waals surface area contributed by atoms with Crippen LogP contribution in [0.15, 0.2) is 36.4 Å². The number of hydrogen-bond acceptors (Lipinski definition) is 10. The first-order chi connectivity index (χ1) is 36.9. The van der Waals surface area contributed by atoms with Gasteiger partial charge >= 0.3 is 0 Å². The normalized spacial score (nSPS) is 27.4. The van der Waals surface area contributed by atoms with Crippen molar-refractivity contribution in [2.45, 2.75) is 191 Å². The van der Waals surface area contributed by atoms with Gasteiger partial charge in [0.05, 0.1) is 24.2 Å². The van der Waals surface area contributed by atoms with Crippen molar-refractivity contribution in [2.24, 2.45) is 23.7 Å². The summed E-state index contributed by atoms with van der Waals surface area (Å²) in [5.74, 6) is 0.390. The van der Waals surface area contributed by atoms with Crippen molar-refractivity contribution in [3.63, 3.8) is 0 Å². The predicted molar refractivity (Wildman–Crippen MR) is 295 cm³/mol. The molecule has 2 saturated carbocycles. The van der Waals surface area contributed by atoms with Gasteiger partial charge in [-0.15, -0.1) is 0 Å². The van der Waals surface area contributed by atoms with E-state index in [0.717, 1.165) is 142 Å². The van der Waals surface area contributed by atoms with Crippen LogP contribution in [0.25, 0.3) is 0 Å². The molecule has 10 rings (SSSR count). The molecule has 6 amide bonds. The van der Waals surface area contributed by atoms with Crippen LogP contribution in [0.5, 0.6) is 0 Å². The predicted octanol–water partition coefficient (Wildman–Crippen LogP) is 5.57. The highest BCUT2D eigenvalue weighted by Gasteiger charge is 2.46. The molecule has 76 heavy (non-hydrogen) atoms. The zero-order chi connectivity index (χ0) is 53.0. The maximum Gasteiger partial charge on any atom is 0.246 e. The number of nitrogens with zero attached hydrogens (tertiary/aromatic N) is 4. The molecule has 16 heteroatoms. The zero-order valence-corrected chi connectivity index (χ0v) is 46.0. The molecule has 414 valence electrons. The average molecular weight is 1050 g/mol. The number of amides is 6. The van der Waals surface area contributed by atoms with Crippen LogP contribution in [0.3, 0.4) is 0 Å². The van der Waals surface area contributed by atoms with Crippen molar-refractivity contribution in [1.82, 2.24) is 41.7 Å². The number of rotatable bonds is 16. The Hall–Kier alpha value is -5.22. The van der Waals surface area contributed by atoms with Crippen molar-refractivity contribution in [3.8, 4) is 0 Å². The van der Waals surface area contributed by atoms with Gasteiger partial charge in [-0.05, 0) is 164 Å². The quantitative estimate of drug-likeness (QED) is 0.124. The number of carbonyl (C=O) groups is 6. The van der Waals surface area contributed by atoms with Crippen LogP contribution in [-0.4, -0.2) is 135 Å². The molecule has 8 aliphatic rings. The number of fused-ring (bicyclic) bond motifs is 3. The van der Waals surface area contributed by atoms with Crippen LogP contribution >= 0.6 is 0 Å². The van der Waals surface area contributed by atoms with E-state index < -0.39 is 36.3 Å². The third-order valence-corrected chi connectivity index (χ3v) is 19.5. The maximum absolute atomic E-state index is 14.4. The molecule has 6 fully saturated rings. The van der Waals surface area contributed by atoms with Crippen molar-refractivity contribution >= 4 is 46.8 Å². The van der Waals surface area contributed by atoms with E-state index in [1.54, 1.807) is 37.7 Å². The lowest BCUT2D eigenvalue weighted by Gasteiger charge is -2.36. The molecule has 0 unspecified atom stereocenters. The first-order valence-corrected chi connectivity index (χ1v) is 29.8. The van der Waals surface area contributed by atoms with E-state index in [-0.39, 0.29) is 59.4 Å². The van der Waals surface area contributed by atoms with E-state index in [9.17, 15) is 28.8 Å². The lowest BCUT2D eigenvalue weighted by molar-refractivity contribution is -0.143. The molecule has 8 atom stereocenters. The van der Waals surface area contributed by atoms with Gasteiger partial charge in [0, 0.05) is 62.5 Å². The SMILES string of the molecule is CN[C@@H](C)C(=O)N[C@H](C(=O)N1CCC[C@H]1C(=O)N[C@@H]1CCCc2c1cccc2N1CC2CN(c3cccc4c3CCC[C@H]4NC(=O)[C@@H]3CCCN3C(=O)[C@@H](NC(=O)[C@H](C)NC)C3CCCCC3)CC2C1)C1CCCCC1. The smallest absolute Gasteiger partial charge is 0.246 e. The first kappa shape index (κ1) is 54.1. The molecule has 0 spiro atoms. The second kappa shape index (κ2) is 24.2. The van der Waals surface area contributed by atoms with Crippen LogP contribution < -0.4 is 41.7 Å². The minimum absolute atomic E-state index is 0.0732. The summed E-state index contributed by atoms with van der Waals surface area (Å²) < 4.78 is 0. The Balaban J connectivity index is 0.768. The van der Waals surface area contributed by atoms with Gasteiger partial charge in [0.15, 0.2) is 0 Å². The summed E-state index contributed by atoms with van der Waals surface area (Å²) >= 11 is 0. The van der Waals surface area contributed by atoms with Crippen molar-refractivity contribution in [1.29, 1.82) is 0 Å². The summed E-state index contributed by atoms with van der Waals surface area (Å²) in [7, 11) is 3.50. The van der Waals surface area contributed by atoms with E-state index in [2.05, 4.69) is 78.1 Å². The highest BCUT2D eigenvalue weighted by Crippen LogP contribution is 2.44. The number of nitrogens with one attached hydrogen (secondary N) is 6. The van der Waals surface area contributed by atoms with Crippen LogP contribution in [0.1, 0.15) is 164 Å². The molecule has 2 aromatic rings. The fourth-order valence-corrected chi connectivity index (χ4v) is 15.0. The monoisotopic (exact) mass is 1040 g/mol. The minimum atomic E-state index is -0.623. The fourth-order valence-electron chi connectivity index (χ4n) is 15.0. The van der Waals surface area contributed by atoms with Gasteiger partial charge in [-0.1, -0.05) is 62.8 Å². The molecular formula is C60H88N10O6. The Bertz CT molecular complexity index is 2260.